The predicted molar refractivity (Wildman–Crippen MR) is 82.3 cm³/mol. The van der Waals surface area contributed by atoms with Gasteiger partial charge >= 0.3 is 0 Å². The van der Waals surface area contributed by atoms with Gasteiger partial charge in [0.15, 0.2) is 0 Å². The number of hydrogen-bond acceptors (Lipinski definition) is 3. The number of nitrogen functional groups attached to an aromatic ring is 1. The van der Waals surface area contributed by atoms with Crippen LogP contribution in [0.3, 0.4) is 0 Å². The summed E-state index contributed by atoms with van der Waals surface area (Å²) in [6.45, 7) is 1.95. The maximum Gasteiger partial charge on any atom is 0.225 e. The molecule has 0 aliphatic rings. The first-order valence-electron chi connectivity index (χ1n) is 5.83. The van der Waals surface area contributed by atoms with E-state index in [1.165, 1.54) is 12.1 Å². The molecule has 0 heterocycles. The summed E-state index contributed by atoms with van der Waals surface area (Å²) in [5.74, 6) is 0.683. The van der Waals surface area contributed by atoms with Gasteiger partial charge in [-0.2, -0.15) is 0 Å². The number of benzene rings is 1. The first-order chi connectivity index (χ1) is 8.93. The van der Waals surface area contributed by atoms with Gasteiger partial charge in [0.1, 0.15) is 0 Å². The first kappa shape index (κ1) is 16.3. The van der Waals surface area contributed by atoms with E-state index in [0.29, 0.717) is 27.9 Å². The highest BCUT2D eigenvalue weighted by molar-refractivity contribution is 7.84. The molecule has 1 rings (SSSR count). The number of amides is 1. The van der Waals surface area contributed by atoms with Crippen LogP contribution in [0.15, 0.2) is 12.1 Å². The van der Waals surface area contributed by atoms with Crippen LogP contribution < -0.4 is 11.1 Å². The summed E-state index contributed by atoms with van der Waals surface area (Å²) in [6, 6.07) is 3.02. The van der Waals surface area contributed by atoms with Crippen LogP contribution in [0, 0.1) is 0 Å². The van der Waals surface area contributed by atoms with Crippen LogP contribution in [-0.2, 0) is 15.6 Å². The Kier molecular flexibility index (Phi) is 6.62. The smallest absolute Gasteiger partial charge is 0.225 e. The molecule has 19 heavy (non-hydrogen) atoms. The Morgan fingerprint density at radius 1 is 1.37 bits per heavy atom. The number of carbonyl (C=O) groups is 1. The summed E-state index contributed by atoms with van der Waals surface area (Å²) < 4.78 is 11.4. The summed E-state index contributed by atoms with van der Waals surface area (Å²) in [6.07, 6.45) is 1.01. The Labute approximate surface area is 125 Å². The zero-order valence-corrected chi connectivity index (χ0v) is 12.9. The van der Waals surface area contributed by atoms with Crippen molar-refractivity contribution in [2.75, 3.05) is 22.6 Å². The highest BCUT2D eigenvalue weighted by atomic mass is 35.5. The molecule has 4 nitrogen and oxygen atoms in total. The van der Waals surface area contributed by atoms with E-state index in [1.807, 2.05) is 6.92 Å². The second-order valence-corrected chi connectivity index (χ2v) is 6.54. The van der Waals surface area contributed by atoms with Gasteiger partial charge in [-0.1, -0.05) is 30.1 Å². The SMILES string of the molecule is CCCS(=O)CCC(=O)Nc1c(N)cc(Cl)cc1Cl. The Balaban J connectivity index is 2.60. The second kappa shape index (κ2) is 7.72. The Hall–Kier alpha value is -0.780. The van der Waals surface area contributed by atoms with E-state index in [4.69, 9.17) is 28.9 Å². The van der Waals surface area contributed by atoms with Gasteiger partial charge < -0.3 is 11.1 Å². The number of nitrogens with two attached hydrogens (primary N) is 1. The van der Waals surface area contributed by atoms with Crippen molar-refractivity contribution in [3.8, 4) is 0 Å². The van der Waals surface area contributed by atoms with Crippen molar-refractivity contribution in [3.05, 3.63) is 22.2 Å². The standard InChI is InChI=1S/C12H16Cl2N2O2S/c1-2-4-19(18)5-3-11(17)16-12-9(14)6-8(13)7-10(12)15/h6-7H,2-5,15H2,1H3,(H,16,17). The average Bonchev–Trinajstić information content (AvgIpc) is 2.31. The quantitative estimate of drug-likeness (QED) is 0.790. The molecule has 0 aliphatic carbocycles. The summed E-state index contributed by atoms with van der Waals surface area (Å²) in [5, 5.41) is 3.31. The minimum atomic E-state index is -0.959. The molecular weight excluding hydrogens is 307 g/mol. The minimum absolute atomic E-state index is 0.172. The fraction of sp³-hybridized carbons (Fsp3) is 0.417. The van der Waals surface area contributed by atoms with Gasteiger partial charge in [0.05, 0.1) is 16.4 Å². The number of rotatable bonds is 6. The van der Waals surface area contributed by atoms with Crippen molar-refractivity contribution in [1.82, 2.24) is 0 Å². The Morgan fingerprint density at radius 3 is 2.63 bits per heavy atom. The van der Waals surface area contributed by atoms with Gasteiger partial charge in [0, 0.05) is 33.7 Å². The molecule has 1 aromatic carbocycles. The molecule has 106 valence electrons. The maximum atomic E-state index is 11.7. The summed E-state index contributed by atoms with van der Waals surface area (Å²) >= 11 is 11.7. The van der Waals surface area contributed by atoms with Crippen molar-refractivity contribution >= 4 is 51.3 Å². The van der Waals surface area contributed by atoms with Crippen molar-refractivity contribution in [2.24, 2.45) is 0 Å². The maximum absolute atomic E-state index is 11.7. The van der Waals surface area contributed by atoms with Crippen LogP contribution in [0.1, 0.15) is 19.8 Å². The lowest BCUT2D eigenvalue weighted by atomic mass is 10.2. The van der Waals surface area contributed by atoms with E-state index in [9.17, 15) is 9.00 Å². The van der Waals surface area contributed by atoms with Crippen molar-refractivity contribution in [2.45, 2.75) is 19.8 Å². The van der Waals surface area contributed by atoms with Gasteiger partial charge in [-0.3, -0.25) is 9.00 Å². The van der Waals surface area contributed by atoms with Gasteiger partial charge in [-0.05, 0) is 18.6 Å². The monoisotopic (exact) mass is 322 g/mol. The lowest BCUT2D eigenvalue weighted by Gasteiger charge is -2.10. The van der Waals surface area contributed by atoms with Gasteiger partial charge in [0.2, 0.25) is 5.91 Å². The van der Waals surface area contributed by atoms with Crippen LogP contribution in [0.4, 0.5) is 11.4 Å². The van der Waals surface area contributed by atoms with Crippen LogP contribution in [0.5, 0.6) is 0 Å². The lowest BCUT2D eigenvalue weighted by Crippen LogP contribution is -2.16. The Bertz CT molecular complexity index is 472. The molecule has 0 aliphatic heterocycles. The lowest BCUT2D eigenvalue weighted by molar-refractivity contribution is -0.115. The summed E-state index contributed by atoms with van der Waals surface area (Å²) in [5.41, 5.74) is 6.38. The molecule has 0 saturated carbocycles. The highest BCUT2D eigenvalue weighted by Gasteiger charge is 2.11. The topological polar surface area (TPSA) is 72.2 Å². The molecule has 7 heteroatoms. The molecule has 0 saturated heterocycles. The van der Waals surface area contributed by atoms with E-state index in [2.05, 4.69) is 5.32 Å². The molecule has 3 N–H and O–H groups in total. The average molecular weight is 323 g/mol. The van der Waals surface area contributed by atoms with Crippen molar-refractivity contribution in [3.63, 3.8) is 0 Å². The third kappa shape index (κ3) is 5.38. The molecule has 1 unspecified atom stereocenters. The van der Waals surface area contributed by atoms with E-state index in [1.54, 1.807) is 0 Å². The Morgan fingerprint density at radius 2 is 2.05 bits per heavy atom. The fourth-order valence-corrected chi connectivity index (χ4v) is 3.09. The van der Waals surface area contributed by atoms with Crippen LogP contribution in [0.2, 0.25) is 10.0 Å². The van der Waals surface area contributed by atoms with Crippen molar-refractivity contribution in [1.29, 1.82) is 0 Å². The van der Waals surface area contributed by atoms with Crippen LogP contribution in [0.25, 0.3) is 0 Å². The number of carbonyl (C=O) groups excluding carboxylic acids is 1. The molecule has 0 spiro atoms. The first-order valence-corrected chi connectivity index (χ1v) is 8.07. The highest BCUT2D eigenvalue weighted by Crippen LogP contribution is 2.32. The number of hydrogen-bond donors (Lipinski definition) is 2. The van der Waals surface area contributed by atoms with Gasteiger partial charge in [-0.25, -0.2) is 0 Å². The molecule has 1 aromatic rings. The molecule has 0 fully saturated rings. The van der Waals surface area contributed by atoms with Gasteiger partial charge in [0.25, 0.3) is 0 Å². The molecule has 0 bridgehead atoms. The summed E-state index contributed by atoms with van der Waals surface area (Å²) in [4.78, 5) is 11.7. The number of nitrogens with one attached hydrogen (secondary N) is 1. The van der Waals surface area contributed by atoms with Gasteiger partial charge in [-0.15, -0.1) is 0 Å². The largest absolute Gasteiger partial charge is 0.397 e. The van der Waals surface area contributed by atoms with E-state index in [0.717, 1.165) is 6.42 Å². The van der Waals surface area contributed by atoms with E-state index < -0.39 is 10.8 Å². The summed E-state index contributed by atoms with van der Waals surface area (Å²) in [7, 11) is -0.959. The second-order valence-electron chi connectivity index (χ2n) is 4.00. The fourth-order valence-electron chi connectivity index (χ4n) is 1.46. The molecular formula is C12H16Cl2N2O2S. The van der Waals surface area contributed by atoms with E-state index >= 15 is 0 Å². The molecule has 0 aromatic heterocycles. The molecule has 0 radical (unpaired) electrons. The third-order valence-corrected chi connectivity index (χ3v) is 4.38. The zero-order valence-electron chi connectivity index (χ0n) is 10.5. The van der Waals surface area contributed by atoms with Crippen LogP contribution in [-0.4, -0.2) is 21.6 Å². The zero-order chi connectivity index (χ0) is 14.4. The third-order valence-electron chi connectivity index (χ3n) is 2.34. The minimum Gasteiger partial charge on any atom is -0.397 e. The number of halogens is 2. The molecule has 1 atom stereocenters. The predicted octanol–water partition coefficient (Wildman–Crippen LogP) is 3.06. The molecule has 1 amide bonds. The van der Waals surface area contributed by atoms with Crippen molar-refractivity contribution < 1.29 is 9.00 Å². The van der Waals surface area contributed by atoms with E-state index in [-0.39, 0.29) is 17.4 Å². The van der Waals surface area contributed by atoms with Crippen LogP contribution >= 0.6 is 23.2 Å². The number of anilines is 2. The normalized spacial score (nSPS) is 12.2.